The lowest BCUT2D eigenvalue weighted by atomic mass is 10.1. The molecule has 1 unspecified atom stereocenters. The van der Waals surface area contributed by atoms with E-state index in [-0.39, 0.29) is 0 Å². The minimum Gasteiger partial charge on any atom is -0.316 e. The second kappa shape index (κ2) is 8.72. The minimum absolute atomic E-state index is 0.680. The summed E-state index contributed by atoms with van der Waals surface area (Å²) >= 11 is 3.47. The first kappa shape index (κ1) is 16.7. The third-order valence-corrected chi connectivity index (χ3v) is 3.56. The lowest BCUT2D eigenvalue weighted by molar-refractivity contribution is 0.272. The number of rotatable bonds is 8. The predicted octanol–water partition coefficient (Wildman–Crippen LogP) is 3.76. The van der Waals surface area contributed by atoms with Crippen LogP contribution in [0.2, 0.25) is 0 Å². The van der Waals surface area contributed by atoms with Crippen molar-refractivity contribution in [2.75, 3.05) is 26.7 Å². The largest absolute Gasteiger partial charge is 0.316 e. The van der Waals surface area contributed by atoms with Gasteiger partial charge in [-0.2, -0.15) is 0 Å². The van der Waals surface area contributed by atoms with Gasteiger partial charge in [0.2, 0.25) is 0 Å². The molecular weight excluding hydrogens is 300 g/mol. The smallest absolute Gasteiger partial charge is 0.0230 e. The first-order chi connectivity index (χ1) is 8.97. The van der Waals surface area contributed by atoms with Crippen molar-refractivity contribution in [1.82, 2.24) is 10.2 Å². The molecule has 1 aromatic rings. The minimum atomic E-state index is 0.680. The Kier molecular flexibility index (Phi) is 7.66. The van der Waals surface area contributed by atoms with Gasteiger partial charge in [0.15, 0.2) is 0 Å². The van der Waals surface area contributed by atoms with Crippen molar-refractivity contribution >= 4 is 15.9 Å². The molecular formula is C16H27BrN2. The van der Waals surface area contributed by atoms with Gasteiger partial charge < -0.3 is 10.2 Å². The molecule has 1 rings (SSSR count). The van der Waals surface area contributed by atoms with E-state index in [1.165, 1.54) is 5.56 Å². The van der Waals surface area contributed by atoms with E-state index in [0.717, 1.165) is 36.6 Å². The van der Waals surface area contributed by atoms with Gasteiger partial charge in [0.05, 0.1) is 0 Å². The summed E-state index contributed by atoms with van der Waals surface area (Å²) in [6, 6.07) is 8.58. The zero-order valence-electron chi connectivity index (χ0n) is 12.6. The molecule has 0 amide bonds. The topological polar surface area (TPSA) is 15.3 Å². The van der Waals surface area contributed by atoms with E-state index >= 15 is 0 Å². The highest BCUT2D eigenvalue weighted by molar-refractivity contribution is 9.10. The number of nitrogens with one attached hydrogen (secondary N) is 1. The SMILES string of the molecule is CC(C)CNCC(C)CN(C)Cc1ccc(Br)cc1. The van der Waals surface area contributed by atoms with Gasteiger partial charge in [-0.05, 0) is 49.7 Å². The van der Waals surface area contributed by atoms with Crippen LogP contribution in [0.15, 0.2) is 28.7 Å². The third kappa shape index (κ3) is 7.71. The van der Waals surface area contributed by atoms with E-state index in [1.54, 1.807) is 0 Å². The van der Waals surface area contributed by atoms with Crippen LogP contribution in [0.25, 0.3) is 0 Å². The molecule has 0 saturated carbocycles. The number of benzene rings is 1. The van der Waals surface area contributed by atoms with Gasteiger partial charge in [0, 0.05) is 17.6 Å². The van der Waals surface area contributed by atoms with E-state index in [2.05, 4.69) is 78.2 Å². The number of hydrogen-bond acceptors (Lipinski definition) is 2. The molecule has 3 heteroatoms. The third-order valence-electron chi connectivity index (χ3n) is 3.03. The Morgan fingerprint density at radius 3 is 2.32 bits per heavy atom. The maximum absolute atomic E-state index is 3.53. The van der Waals surface area contributed by atoms with Crippen LogP contribution in [0.1, 0.15) is 26.3 Å². The Hall–Kier alpha value is -0.380. The second-order valence-electron chi connectivity index (χ2n) is 5.98. The average molecular weight is 327 g/mol. The number of hydrogen-bond donors (Lipinski definition) is 1. The second-order valence-corrected chi connectivity index (χ2v) is 6.90. The van der Waals surface area contributed by atoms with Gasteiger partial charge in [0.25, 0.3) is 0 Å². The molecule has 0 aliphatic heterocycles. The summed E-state index contributed by atoms with van der Waals surface area (Å²) < 4.78 is 1.14. The molecule has 0 saturated heterocycles. The fourth-order valence-corrected chi connectivity index (χ4v) is 2.45. The first-order valence-corrected chi connectivity index (χ1v) is 7.90. The molecule has 0 bridgehead atoms. The van der Waals surface area contributed by atoms with Crippen molar-refractivity contribution in [2.45, 2.75) is 27.3 Å². The van der Waals surface area contributed by atoms with Crippen LogP contribution < -0.4 is 5.32 Å². The van der Waals surface area contributed by atoms with E-state index in [9.17, 15) is 0 Å². The van der Waals surface area contributed by atoms with Gasteiger partial charge in [-0.15, -0.1) is 0 Å². The standard InChI is InChI=1S/C16H27BrN2/c1-13(2)9-18-10-14(3)11-19(4)12-15-5-7-16(17)8-6-15/h5-8,13-14,18H,9-12H2,1-4H3. The predicted molar refractivity (Wildman–Crippen MR) is 87.3 cm³/mol. The molecule has 0 aromatic heterocycles. The van der Waals surface area contributed by atoms with Gasteiger partial charge in [0.1, 0.15) is 0 Å². The lowest BCUT2D eigenvalue weighted by Crippen LogP contribution is -2.32. The Morgan fingerprint density at radius 1 is 1.11 bits per heavy atom. The molecule has 0 radical (unpaired) electrons. The molecule has 0 aliphatic carbocycles. The highest BCUT2D eigenvalue weighted by Gasteiger charge is 2.07. The Labute approximate surface area is 126 Å². The molecule has 0 fully saturated rings. The van der Waals surface area contributed by atoms with Crippen molar-refractivity contribution in [3.05, 3.63) is 34.3 Å². The van der Waals surface area contributed by atoms with Crippen molar-refractivity contribution in [1.29, 1.82) is 0 Å². The van der Waals surface area contributed by atoms with Crippen LogP contribution in [0.4, 0.5) is 0 Å². The normalized spacial score (nSPS) is 13.2. The molecule has 0 aliphatic rings. The van der Waals surface area contributed by atoms with Crippen LogP contribution in [0.5, 0.6) is 0 Å². The summed E-state index contributed by atoms with van der Waals surface area (Å²) in [5.74, 6) is 1.41. The van der Waals surface area contributed by atoms with E-state index in [0.29, 0.717) is 5.92 Å². The maximum Gasteiger partial charge on any atom is 0.0230 e. The highest BCUT2D eigenvalue weighted by atomic mass is 79.9. The first-order valence-electron chi connectivity index (χ1n) is 7.11. The molecule has 19 heavy (non-hydrogen) atoms. The fourth-order valence-electron chi connectivity index (χ4n) is 2.18. The van der Waals surface area contributed by atoms with Crippen molar-refractivity contribution in [3.63, 3.8) is 0 Å². The van der Waals surface area contributed by atoms with Crippen LogP contribution in [-0.2, 0) is 6.54 Å². The van der Waals surface area contributed by atoms with Crippen LogP contribution in [0.3, 0.4) is 0 Å². The molecule has 2 nitrogen and oxygen atoms in total. The lowest BCUT2D eigenvalue weighted by Gasteiger charge is -2.22. The molecule has 1 N–H and O–H groups in total. The molecule has 1 atom stereocenters. The van der Waals surface area contributed by atoms with E-state index in [1.807, 2.05) is 0 Å². The Bertz CT molecular complexity index is 348. The van der Waals surface area contributed by atoms with E-state index in [4.69, 9.17) is 0 Å². The van der Waals surface area contributed by atoms with Gasteiger partial charge in [-0.25, -0.2) is 0 Å². The molecule has 0 spiro atoms. The van der Waals surface area contributed by atoms with Gasteiger partial charge in [-0.3, -0.25) is 0 Å². The van der Waals surface area contributed by atoms with Crippen LogP contribution in [-0.4, -0.2) is 31.6 Å². The zero-order chi connectivity index (χ0) is 14.3. The summed E-state index contributed by atoms with van der Waals surface area (Å²) in [4.78, 5) is 2.39. The molecule has 1 aromatic carbocycles. The van der Waals surface area contributed by atoms with Gasteiger partial charge in [-0.1, -0.05) is 48.8 Å². The van der Waals surface area contributed by atoms with Crippen molar-refractivity contribution < 1.29 is 0 Å². The van der Waals surface area contributed by atoms with Crippen LogP contribution in [0, 0.1) is 11.8 Å². The van der Waals surface area contributed by atoms with E-state index < -0.39 is 0 Å². The monoisotopic (exact) mass is 326 g/mol. The number of nitrogens with zero attached hydrogens (tertiary/aromatic N) is 1. The van der Waals surface area contributed by atoms with Gasteiger partial charge >= 0.3 is 0 Å². The summed E-state index contributed by atoms with van der Waals surface area (Å²) in [7, 11) is 2.20. The summed E-state index contributed by atoms with van der Waals surface area (Å²) in [6.07, 6.45) is 0. The van der Waals surface area contributed by atoms with Crippen molar-refractivity contribution in [2.24, 2.45) is 11.8 Å². The average Bonchev–Trinajstić information content (AvgIpc) is 2.31. The molecule has 108 valence electrons. The fraction of sp³-hybridized carbons (Fsp3) is 0.625. The number of halogens is 1. The maximum atomic E-state index is 3.53. The van der Waals surface area contributed by atoms with Crippen molar-refractivity contribution in [3.8, 4) is 0 Å². The summed E-state index contributed by atoms with van der Waals surface area (Å²) in [6.45, 7) is 11.2. The van der Waals surface area contributed by atoms with Crippen LogP contribution >= 0.6 is 15.9 Å². The quantitative estimate of drug-likeness (QED) is 0.782. The zero-order valence-corrected chi connectivity index (χ0v) is 14.2. The summed E-state index contributed by atoms with van der Waals surface area (Å²) in [5.41, 5.74) is 1.37. The molecule has 0 heterocycles. The Balaban J connectivity index is 2.26. The highest BCUT2D eigenvalue weighted by Crippen LogP contribution is 2.12. The Morgan fingerprint density at radius 2 is 1.74 bits per heavy atom. The summed E-state index contributed by atoms with van der Waals surface area (Å²) in [5, 5.41) is 3.53.